The molecule has 0 bridgehead atoms. The van der Waals surface area contributed by atoms with Gasteiger partial charge in [-0.15, -0.1) is 0 Å². The van der Waals surface area contributed by atoms with Crippen LogP contribution in [0, 0.1) is 35.5 Å². The van der Waals surface area contributed by atoms with Gasteiger partial charge in [0.25, 0.3) is 0 Å². The minimum Gasteiger partial charge on any atom is -0.462 e. The van der Waals surface area contributed by atoms with Gasteiger partial charge in [0.2, 0.25) is 0 Å². The Morgan fingerprint density at radius 1 is 1.03 bits per heavy atom. The lowest BCUT2D eigenvalue weighted by atomic mass is 9.65. The molecular formula is C24H33BrO4. The van der Waals surface area contributed by atoms with E-state index in [2.05, 4.69) is 22.0 Å². The highest BCUT2D eigenvalue weighted by atomic mass is 79.9. The third kappa shape index (κ3) is 3.88. The van der Waals surface area contributed by atoms with Crippen LogP contribution < -0.4 is 0 Å². The lowest BCUT2D eigenvalue weighted by Gasteiger charge is -2.40. The van der Waals surface area contributed by atoms with E-state index in [0.29, 0.717) is 11.8 Å². The fraction of sp³-hybridized carbons (Fsp3) is 0.792. The van der Waals surface area contributed by atoms with Crippen LogP contribution >= 0.6 is 15.9 Å². The number of allylic oxidation sites excluding steroid dienone is 2. The Morgan fingerprint density at radius 2 is 1.76 bits per heavy atom. The van der Waals surface area contributed by atoms with Crippen LogP contribution in [0.4, 0.5) is 0 Å². The number of cyclic esters (lactones) is 1. The Hall–Kier alpha value is -0.970. The second kappa shape index (κ2) is 8.64. The SMILES string of the molecule is CC[C@H]1CCCC[C@@H](C)C(=O)C2=C[C@@H]3[C@@H](C(=O)C(Br)C4CCC[C@H]43)[C@@H]2CC(=O)O1. The first kappa shape index (κ1) is 21.3. The molecule has 4 rings (SSSR count). The van der Waals surface area contributed by atoms with Crippen molar-refractivity contribution in [2.45, 2.75) is 82.6 Å². The smallest absolute Gasteiger partial charge is 0.306 e. The Balaban J connectivity index is 1.68. The second-order valence-electron chi connectivity index (χ2n) is 9.67. The van der Waals surface area contributed by atoms with Crippen molar-refractivity contribution in [3.63, 3.8) is 0 Å². The van der Waals surface area contributed by atoms with Crippen molar-refractivity contribution < 1.29 is 19.1 Å². The van der Waals surface area contributed by atoms with Crippen LogP contribution in [-0.4, -0.2) is 28.5 Å². The van der Waals surface area contributed by atoms with Crippen LogP contribution in [0.3, 0.4) is 0 Å². The molecule has 0 aromatic heterocycles. The molecule has 1 aliphatic heterocycles. The molecule has 160 valence electrons. The Morgan fingerprint density at radius 3 is 2.52 bits per heavy atom. The summed E-state index contributed by atoms with van der Waals surface area (Å²) in [6.45, 7) is 4.06. The molecule has 3 fully saturated rings. The summed E-state index contributed by atoms with van der Waals surface area (Å²) in [6, 6.07) is 0. The quantitative estimate of drug-likeness (QED) is 0.403. The van der Waals surface area contributed by atoms with Crippen molar-refractivity contribution in [3.8, 4) is 0 Å². The minimum atomic E-state index is -0.312. The van der Waals surface area contributed by atoms with Gasteiger partial charge in [-0.25, -0.2) is 0 Å². The third-order valence-electron chi connectivity index (χ3n) is 8.00. The molecule has 3 aliphatic carbocycles. The maximum atomic E-state index is 13.4. The van der Waals surface area contributed by atoms with Crippen LogP contribution in [0.2, 0.25) is 0 Å². The largest absolute Gasteiger partial charge is 0.462 e. The first-order chi connectivity index (χ1) is 13.9. The van der Waals surface area contributed by atoms with Crippen molar-refractivity contribution >= 4 is 33.5 Å². The predicted octanol–water partition coefficient (Wildman–Crippen LogP) is 5.03. The van der Waals surface area contributed by atoms with Crippen molar-refractivity contribution in [1.82, 2.24) is 0 Å². The number of carbonyl (C=O) groups is 3. The van der Waals surface area contributed by atoms with Gasteiger partial charge >= 0.3 is 5.97 Å². The van der Waals surface area contributed by atoms with E-state index >= 15 is 0 Å². The lowest BCUT2D eigenvalue weighted by molar-refractivity contribution is -0.151. The van der Waals surface area contributed by atoms with Gasteiger partial charge in [0.05, 0.1) is 11.2 Å². The first-order valence-electron chi connectivity index (χ1n) is 11.6. The average Bonchev–Trinajstić information content (AvgIpc) is 3.32. The molecule has 5 heteroatoms. The fourth-order valence-electron chi connectivity index (χ4n) is 6.43. The number of fused-ring (bicyclic) bond motifs is 5. The molecule has 0 amide bonds. The van der Waals surface area contributed by atoms with E-state index in [1.54, 1.807) is 0 Å². The van der Waals surface area contributed by atoms with Gasteiger partial charge in [0, 0.05) is 17.8 Å². The lowest BCUT2D eigenvalue weighted by Crippen LogP contribution is -2.46. The predicted molar refractivity (Wildman–Crippen MR) is 115 cm³/mol. The average molecular weight is 465 g/mol. The topological polar surface area (TPSA) is 60.4 Å². The van der Waals surface area contributed by atoms with Crippen LogP contribution in [0.25, 0.3) is 0 Å². The number of ether oxygens (including phenoxy) is 1. The summed E-state index contributed by atoms with van der Waals surface area (Å²) in [5.41, 5.74) is 0.749. The summed E-state index contributed by atoms with van der Waals surface area (Å²) in [4.78, 5) is 39.4. The molecule has 0 radical (unpaired) electrons. The molecule has 8 atom stereocenters. The van der Waals surface area contributed by atoms with Gasteiger partial charge in [-0.3, -0.25) is 14.4 Å². The Kier molecular flexibility index (Phi) is 6.34. The fourth-order valence-corrected chi connectivity index (χ4v) is 7.39. The number of Topliss-reactive ketones (excluding diaryl/α,β-unsaturated/α-hetero) is 2. The second-order valence-corrected chi connectivity index (χ2v) is 10.7. The zero-order valence-electron chi connectivity index (χ0n) is 17.6. The number of rotatable bonds is 1. The van der Waals surface area contributed by atoms with Crippen LogP contribution in [0.5, 0.6) is 0 Å². The van der Waals surface area contributed by atoms with E-state index in [1.165, 1.54) is 0 Å². The third-order valence-corrected chi connectivity index (χ3v) is 9.13. The van der Waals surface area contributed by atoms with E-state index in [4.69, 9.17) is 4.74 Å². The van der Waals surface area contributed by atoms with Gasteiger partial charge in [-0.05, 0) is 61.9 Å². The molecule has 2 unspecified atom stereocenters. The van der Waals surface area contributed by atoms with E-state index in [0.717, 1.165) is 56.9 Å². The Labute approximate surface area is 182 Å². The van der Waals surface area contributed by atoms with Gasteiger partial charge in [-0.1, -0.05) is 48.7 Å². The summed E-state index contributed by atoms with van der Waals surface area (Å²) >= 11 is 3.69. The van der Waals surface area contributed by atoms with Crippen LogP contribution in [0.15, 0.2) is 11.6 Å². The maximum absolute atomic E-state index is 13.4. The molecule has 29 heavy (non-hydrogen) atoms. The van der Waals surface area contributed by atoms with Crippen molar-refractivity contribution in [3.05, 3.63) is 11.6 Å². The van der Waals surface area contributed by atoms with Gasteiger partial charge < -0.3 is 4.74 Å². The summed E-state index contributed by atoms with van der Waals surface area (Å²) in [7, 11) is 0. The number of hydrogen-bond acceptors (Lipinski definition) is 4. The highest BCUT2D eigenvalue weighted by Crippen LogP contribution is 2.56. The zero-order chi connectivity index (χ0) is 20.7. The zero-order valence-corrected chi connectivity index (χ0v) is 19.2. The highest BCUT2D eigenvalue weighted by Gasteiger charge is 2.56. The number of ketones is 2. The number of carbonyl (C=O) groups excluding carboxylic acids is 3. The molecule has 0 aromatic rings. The van der Waals surface area contributed by atoms with Crippen molar-refractivity contribution in [1.29, 1.82) is 0 Å². The van der Waals surface area contributed by atoms with E-state index in [1.807, 2.05) is 13.8 Å². The molecule has 1 heterocycles. The molecule has 4 nitrogen and oxygen atoms in total. The molecule has 0 aromatic carbocycles. The summed E-state index contributed by atoms with van der Waals surface area (Å²) in [5, 5.41) is 0. The molecular weight excluding hydrogens is 432 g/mol. The van der Waals surface area contributed by atoms with Crippen LogP contribution in [-0.2, 0) is 19.1 Å². The van der Waals surface area contributed by atoms with Crippen molar-refractivity contribution in [2.24, 2.45) is 35.5 Å². The maximum Gasteiger partial charge on any atom is 0.306 e. The van der Waals surface area contributed by atoms with Gasteiger partial charge in [0.1, 0.15) is 6.10 Å². The summed E-state index contributed by atoms with van der Waals surface area (Å²) in [6.07, 6.45) is 10.0. The van der Waals surface area contributed by atoms with E-state index in [-0.39, 0.29) is 58.6 Å². The van der Waals surface area contributed by atoms with Gasteiger partial charge in [0.15, 0.2) is 11.6 Å². The standard InChI is InChI=1S/C24H33BrO4/c1-3-14-8-5-4-7-13(2)23(27)19-11-17-15-9-6-10-16(15)22(25)24(28)21(17)18(19)12-20(26)29-14/h11,13-18,21-22H,3-10,12H2,1-2H3/t13-,14+,15-,16?,17+,18-,21-,22?/m1/s1. The van der Waals surface area contributed by atoms with E-state index in [9.17, 15) is 14.4 Å². The number of alkyl halides is 1. The van der Waals surface area contributed by atoms with Crippen molar-refractivity contribution in [2.75, 3.05) is 0 Å². The highest BCUT2D eigenvalue weighted by molar-refractivity contribution is 9.10. The monoisotopic (exact) mass is 464 g/mol. The first-order valence-corrected chi connectivity index (χ1v) is 12.5. The number of halogens is 1. The Bertz CT molecular complexity index is 714. The minimum absolute atomic E-state index is 0.0475. The summed E-state index contributed by atoms with van der Waals surface area (Å²) < 4.78 is 5.77. The normalized spacial score (nSPS) is 43.4. The molecule has 2 saturated carbocycles. The molecule has 1 saturated heterocycles. The summed E-state index contributed by atoms with van der Waals surface area (Å²) in [5.74, 6) is 0.413. The number of hydrogen-bond donors (Lipinski definition) is 0. The van der Waals surface area contributed by atoms with E-state index < -0.39 is 0 Å². The van der Waals surface area contributed by atoms with Gasteiger partial charge in [-0.2, -0.15) is 0 Å². The molecule has 4 aliphatic rings. The number of esters is 1. The molecule has 0 N–H and O–H groups in total. The van der Waals surface area contributed by atoms with Crippen LogP contribution in [0.1, 0.15) is 71.6 Å². The molecule has 0 spiro atoms.